The Balaban J connectivity index is 2.92. The largest absolute Gasteiger partial charge is 0.464 e. The van der Waals surface area contributed by atoms with E-state index in [1.54, 1.807) is 32.3 Å². The van der Waals surface area contributed by atoms with Crippen LogP contribution in [-0.4, -0.2) is 34.1 Å². The van der Waals surface area contributed by atoms with Crippen molar-refractivity contribution in [3.63, 3.8) is 0 Å². The minimum absolute atomic E-state index is 0.287. The van der Waals surface area contributed by atoms with Gasteiger partial charge in [-0.25, -0.2) is 4.79 Å². The molecule has 0 aliphatic rings. The predicted molar refractivity (Wildman–Crippen MR) is 49.6 cm³/mol. The van der Waals surface area contributed by atoms with Gasteiger partial charge in [0.15, 0.2) is 5.54 Å². The van der Waals surface area contributed by atoms with Crippen LogP contribution in [0.3, 0.4) is 0 Å². The zero-order valence-corrected chi connectivity index (χ0v) is 8.30. The molecule has 0 spiro atoms. The third-order valence-corrected chi connectivity index (χ3v) is 2.03. The average Bonchev–Trinajstić information content (AvgIpc) is 2.70. The van der Waals surface area contributed by atoms with E-state index in [-0.39, 0.29) is 13.2 Å². The number of aliphatic hydroxyl groups excluding tert-OH is 1. The molecule has 1 unspecified atom stereocenters. The van der Waals surface area contributed by atoms with Crippen molar-refractivity contribution in [1.82, 2.24) is 9.78 Å². The summed E-state index contributed by atoms with van der Waals surface area (Å²) in [6.45, 7) is 3.25. The number of rotatable bonds is 4. The van der Waals surface area contributed by atoms with Gasteiger partial charge in [-0.15, -0.1) is 0 Å². The SMILES string of the molecule is CCOC(=O)C(C)(CO)n1cccn1. The molecule has 0 amide bonds. The van der Waals surface area contributed by atoms with E-state index in [4.69, 9.17) is 4.74 Å². The highest BCUT2D eigenvalue weighted by Gasteiger charge is 2.36. The Bertz CT molecular complexity index is 297. The molecular weight excluding hydrogens is 184 g/mol. The molecule has 0 bridgehead atoms. The molecule has 14 heavy (non-hydrogen) atoms. The normalized spacial score (nSPS) is 14.8. The van der Waals surface area contributed by atoms with Gasteiger partial charge < -0.3 is 9.84 Å². The highest BCUT2D eigenvalue weighted by Crippen LogP contribution is 2.15. The van der Waals surface area contributed by atoms with Crippen molar-refractivity contribution in [2.24, 2.45) is 0 Å². The number of hydrogen-bond acceptors (Lipinski definition) is 4. The summed E-state index contributed by atoms with van der Waals surface area (Å²) in [5.74, 6) is -0.480. The number of hydrogen-bond donors (Lipinski definition) is 1. The first-order chi connectivity index (χ1) is 6.65. The lowest BCUT2D eigenvalue weighted by atomic mass is 10.1. The van der Waals surface area contributed by atoms with E-state index in [0.29, 0.717) is 0 Å². The lowest BCUT2D eigenvalue weighted by Crippen LogP contribution is -2.44. The fraction of sp³-hybridized carbons (Fsp3) is 0.556. The maximum Gasteiger partial charge on any atom is 0.336 e. The van der Waals surface area contributed by atoms with Crippen LogP contribution in [0.2, 0.25) is 0 Å². The Kier molecular flexibility index (Phi) is 3.24. The van der Waals surface area contributed by atoms with Gasteiger partial charge in [0.1, 0.15) is 0 Å². The van der Waals surface area contributed by atoms with Crippen molar-refractivity contribution in [3.05, 3.63) is 18.5 Å². The molecular formula is C9H14N2O3. The second-order valence-electron chi connectivity index (χ2n) is 3.10. The molecule has 0 radical (unpaired) electrons. The summed E-state index contributed by atoms with van der Waals surface area (Å²) in [5, 5.41) is 13.1. The first-order valence-corrected chi connectivity index (χ1v) is 4.43. The van der Waals surface area contributed by atoms with Crippen LogP contribution in [0, 0.1) is 0 Å². The molecule has 0 aromatic carbocycles. The van der Waals surface area contributed by atoms with Crippen LogP contribution in [-0.2, 0) is 15.1 Å². The molecule has 1 N–H and O–H groups in total. The fourth-order valence-corrected chi connectivity index (χ4v) is 1.08. The van der Waals surface area contributed by atoms with E-state index in [9.17, 15) is 9.90 Å². The first-order valence-electron chi connectivity index (χ1n) is 4.43. The van der Waals surface area contributed by atoms with Crippen LogP contribution < -0.4 is 0 Å². The predicted octanol–water partition coefficient (Wildman–Crippen LogP) is 0.154. The average molecular weight is 198 g/mol. The summed E-state index contributed by atoms with van der Waals surface area (Å²) < 4.78 is 6.26. The minimum atomic E-state index is -1.13. The quantitative estimate of drug-likeness (QED) is 0.700. The Morgan fingerprint density at radius 1 is 1.71 bits per heavy atom. The lowest BCUT2D eigenvalue weighted by molar-refractivity contribution is -0.155. The molecule has 0 aliphatic carbocycles. The number of ether oxygens (including phenoxy) is 1. The molecule has 1 aromatic rings. The van der Waals surface area contributed by atoms with Crippen LogP contribution in [0.5, 0.6) is 0 Å². The molecule has 5 nitrogen and oxygen atoms in total. The van der Waals surface area contributed by atoms with Gasteiger partial charge in [-0.2, -0.15) is 5.10 Å². The van der Waals surface area contributed by atoms with Gasteiger partial charge in [0.05, 0.1) is 13.2 Å². The van der Waals surface area contributed by atoms with E-state index in [1.807, 2.05) is 0 Å². The van der Waals surface area contributed by atoms with E-state index >= 15 is 0 Å². The molecule has 0 saturated carbocycles. The second-order valence-corrected chi connectivity index (χ2v) is 3.10. The van der Waals surface area contributed by atoms with Crippen molar-refractivity contribution in [2.45, 2.75) is 19.4 Å². The summed E-state index contributed by atoms with van der Waals surface area (Å²) in [6, 6.07) is 1.69. The first kappa shape index (κ1) is 10.7. The number of aromatic nitrogens is 2. The van der Waals surface area contributed by atoms with Gasteiger partial charge in [0.25, 0.3) is 0 Å². The fourth-order valence-electron chi connectivity index (χ4n) is 1.08. The molecule has 78 valence electrons. The van der Waals surface area contributed by atoms with Gasteiger partial charge in [-0.1, -0.05) is 0 Å². The summed E-state index contributed by atoms with van der Waals surface area (Å²) in [6.07, 6.45) is 3.17. The van der Waals surface area contributed by atoms with E-state index < -0.39 is 11.5 Å². The molecule has 1 rings (SSSR count). The number of carbonyl (C=O) groups is 1. The van der Waals surface area contributed by atoms with Gasteiger partial charge >= 0.3 is 5.97 Å². The Morgan fingerprint density at radius 3 is 2.86 bits per heavy atom. The Hall–Kier alpha value is -1.36. The third kappa shape index (κ3) is 1.77. The lowest BCUT2D eigenvalue weighted by Gasteiger charge is -2.25. The van der Waals surface area contributed by atoms with Crippen LogP contribution >= 0.6 is 0 Å². The Labute approximate surface area is 82.3 Å². The summed E-state index contributed by atoms with van der Waals surface area (Å²) >= 11 is 0. The number of esters is 1. The van der Waals surface area contributed by atoms with Gasteiger partial charge in [0.2, 0.25) is 0 Å². The molecule has 1 aromatic heterocycles. The smallest absolute Gasteiger partial charge is 0.336 e. The molecule has 1 heterocycles. The number of carbonyl (C=O) groups excluding carboxylic acids is 1. The van der Waals surface area contributed by atoms with Crippen LogP contribution in [0.15, 0.2) is 18.5 Å². The monoisotopic (exact) mass is 198 g/mol. The topological polar surface area (TPSA) is 64.3 Å². The standard InChI is InChI=1S/C9H14N2O3/c1-3-14-8(13)9(2,7-12)11-6-4-5-10-11/h4-6,12H,3,7H2,1-2H3. The number of nitrogens with zero attached hydrogens (tertiary/aromatic N) is 2. The van der Waals surface area contributed by atoms with Crippen molar-refractivity contribution < 1.29 is 14.6 Å². The van der Waals surface area contributed by atoms with E-state index in [1.165, 1.54) is 4.68 Å². The maximum absolute atomic E-state index is 11.6. The third-order valence-electron chi connectivity index (χ3n) is 2.03. The van der Waals surface area contributed by atoms with Crippen molar-refractivity contribution in [3.8, 4) is 0 Å². The van der Waals surface area contributed by atoms with Crippen molar-refractivity contribution in [2.75, 3.05) is 13.2 Å². The van der Waals surface area contributed by atoms with Gasteiger partial charge in [-0.3, -0.25) is 4.68 Å². The molecule has 0 aliphatic heterocycles. The molecule has 0 fully saturated rings. The molecule has 5 heteroatoms. The minimum Gasteiger partial charge on any atom is -0.464 e. The van der Waals surface area contributed by atoms with Crippen LogP contribution in [0.1, 0.15) is 13.8 Å². The maximum atomic E-state index is 11.6. The van der Waals surface area contributed by atoms with Crippen molar-refractivity contribution >= 4 is 5.97 Å². The second kappa shape index (κ2) is 4.23. The summed E-state index contributed by atoms with van der Waals surface area (Å²) in [4.78, 5) is 11.6. The zero-order chi connectivity index (χ0) is 10.6. The zero-order valence-electron chi connectivity index (χ0n) is 8.30. The molecule has 0 saturated heterocycles. The van der Waals surface area contributed by atoms with Crippen LogP contribution in [0.25, 0.3) is 0 Å². The Morgan fingerprint density at radius 2 is 2.43 bits per heavy atom. The van der Waals surface area contributed by atoms with E-state index in [0.717, 1.165) is 0 Å². The highest BCUT2D eigenvalue weighted by atomic mass is 16.5. The highest BCUT2D eigenvalue weighted by molar-refractivity contribution is 5.78. The van der Waals surface area contributed by atoms with Gasteiger partial charge in [0, 0.05) is 12.4 Å². The van der Waals surface area contributed by atoms with Gasteiger partial charge in [-0.05, 0) is 19.9 Å². The van der Waals surface area contributed by atoms with E-state index in [2.05, 4.69) is 5.10 Å². The molecule has 1 atom stereocenters. The summed E-state index contributed by atoms with van der Waals surface area (Å²) in [7, 11) is 0. The van der Waals surface area contributed by atoms with Crippen LogP contribution in [0.4, 0.5) is 0 Å². The number of aliphatic hydroxyl groups is 1. The summed E-state index contributed by atoms with van der Waals surface area (Å²) in [5.41, 5.74) is -1.13. The van der Waals surface area contributed by atoms with Crippen molar-refractivity contribution in [1.29, 1.82) is 0 Å².